The van der Waals surface area contributed by atoms with Gasteiger partial charge < -0.3 is 20.6 Å². The number of hydrogen-bond donors (Lipinski definition) is 3. The first-order valence-electron chi connectivity index (χ1n) is 5.27. The maximum Gasteiger partial charge on any atom is 0.255 e. The monoisotopic (exact) mass is 237 g/mol. The Morgan fingerprint density at radius 3 is 2.75 bits per heavy atom. The number of piperazine rings is 1. The number of alkyl halides is 2. The molecular formula is C9H17F2N3O2. The van der Waals surface area contributed by atoms with Crippen LogP contribution in [0.15, 0.2) is 0 Å². The third-order valence-corrected chi connectivity index (χ3v) is 2.38. The van der Waals surface area contributed by atoms with Gasteiger partial charge in [-0.25, -0.2) is 8.78 Å². The first-order chi connectivity index (χ1) is 7.65. The van der Waals surface area contributed by atoms with Gasteiger partial charge in [-0.3, -0.25) is 4.79 Å². The maximum absolute atomic E-state index is 12.2. The van der Waals surface area contributed by atoms with Crippen LogP contribution in [-0.2, 0) is 4.79 Å². The molecule has 16 heavy (non-hydrogen) atoms. The van der Waals surface area contributed by atoms with Gasteiger partial charge in [0.2, 0.25) is 5.91 Å². The summed E-state index contributed by atoms with van der Waals surface area (Å²) in [5.41, 5.74) is 0. The molecule has 1 aliphatic heterocycles. The number of amides is 1. The fourth-order valence-electron chi connectivity index (χ4n) is 1.63. The van der Waals surface area contributed by atoms with Gasteiger partial charge in [-0.05, 0) is 0 Å². The number of carbonyl (C=O) groups is 1. The first kappa shape index (κ1) is 13.3. The van der Waals surface area contributed by atoms with Crippen molar-refractivity contribution in [2.45, 2.75) is 12.5 Å². The Balaban J connectivity index is 2.50. The lowest BCUT2D eigenvalue weighted by Crippen LogP contribution is -2.57. The average Bonchev–Trinajstić information content (AvgIpc) is 2.28. The molecule has 0 radical (unpaired) electrons. The summed E-state index contributed by atoms with van der Waals surface area (Å²) in [6.07, 6.45) is -2.58. The van der Waals surface area contributed by atoms with Crippen molar-refractivity contribution < 1.29 is 18.7 Å². The molecule has 7 heteroatoms. The minimum absolute atomic E-state index is 0.0542. The molecule has 0 aliphatic carbocycles. The molecule has 1 atom stereocenters. The Hall–Kier alpha value is -0.790. The molecule has 0 aromatic carbocycles. The van der Waals surface area contributed by atoms with E-state index in [1.165, 1.54) is 0 Å². The molecule has 1 fully saturated rings. The van der Waals surface area contributed by atoms with Crippen molar-refractivity contribution in [3.05, 3.63) is 0 Å². The number of hydrogen-bond acceptors (Lipinski definition) is 4. The van der Waals surface area contributed by atoms with Gasteiger partial charge in [0.05, 0.1) is 19.2 Å². The number of nitrogens with zero attached hydrogens (tertiary/aromatic N) is 1. The second-order valence-corrected chi connectivity index (χ2v) is 3.61. The van der Waals surface area contributed by atoms with E-state index < -0.39 is 19.0 Å². The van der Waals surface area contributed by atoms with Gasteiger partial charge in [-0.15, -0.1) is 0 Å². The first-order valence-corrected chi connectivity index (χ1v) is 5.27. The molecule has 0 bridgehead atoms. The molecule has 1 rings (SSSR count). The fraction of sp³-hybridized carbons (Fsp3) is 0.889. The number of nitrogens with one attached hydrogen (secondary N) is 2. The predicted octanol–water partition coefficient (Wildman–Crippen LogP) is -1.37. The number of rotatable bonds is 5. The fourth-order valence-corrected chi connectivity index (χ4v) is 1.63. The van der Waals surface area contributed by atoms with Crippen molar-refractivity contribution in [2.75, 3.05) is 39.3 Å². The molecular weight excluding hydrogens is 220 g/mol. The zero-order valence-corrected chi connectivity index (χ0v) is 8.96. The van der Waals surface area contributed by atoms with E-state index >= 15 is 0 Å². The largest absolute Gasteiger partial charge is 0.395 e. The van der Waals surface area contributed by atoms with Crippen molar-refractivity contribution >= 4 is 5.91 Å². The van der Waals surface area contributed by atoms with E-state index in [4.69, 9.17) is 5.11 Å². The van der Waals surface area contributed by atoms with E-state index in [0.29, 0.717) is 13.1 Å². The van der Waals surface area contributed by atoms with Crippen LogP contribution in [0.25, 0.3) is 0 Å². The van der Waals surface area contributed by atoms with Crippen LogP contribution < -0.4 is 10.6 Å². The van der Waals surface area contributed by atoms with Crippen molar-refractivity contribution in [3.63, 3.8) is 0 Å². The third-order valence-electron chi connectivity index (χ3n) is 2.38. The standard InChI is InChI=1S/C9H17F2N3O2/c10-8(11)6-14(3-4-15)9(16)7-5-12-1-2-13-7/h7-8,12-13,15H,1-6H2. The smallest absolute Gasteiger partial charge is 0.255 e. The van der Waals surface area contributed by atoms with E-state index in [1.807, 2.05) is 0 Å². The van der Waals surface area contributed by atoms with E-state index in [-0.39, 0.29) is 19.1 Å². The number of aliphatic hydroxyl groups excluding tert-OH is 1. The van der Waals surface area contributed by atoms with Gasteiger partial charge in [0, 0.05) is 26.2 Å². The van der Waals surface area contributed by atoms with Crippen molar-refractivity contribution in [1.29, 1.82) is 0 Å². The molecule has 3 N–H and O–H groups in total. The highest BCUT2D eigenvalue weighted by Gasteiger charge is 2.26. The van der Waals surface area contributed by atoms with Gasteiger partial charge in [-0.2, -0.15) is 0 Å². The molecule has 5 nitrogen and oxygen atoms in total. The van der Waals surface area contributed by atoms with Crippen LogP contribution in [0.4, 0.5) is 8.78 Å². The Morgan fingerprint density at radius 1 is 1.50 bits per heavy atom. The minimum atomic E-state index is -2.58. The maximum atomic E-state index is 12.2. The van der Waals surface area contributed by atoms with Crippen LogP contribution in [0, 0.1) is 0 Å². The Morgan fingerprint density at radius 2 is 2.25 bits per heavy atom. The summed E-state index contributed by atoms with van der Waals surface area (Å²) in [7, 11) is 0. The Bertz CT molecular complexity index is 223. The zero-order chi connectivity index (χ0) is 12.0. The van der Waals surface area contributed by atoms with Gasteiger partial charge in [0.25, 0.3) is 6.43 Å². The quantitative estimate of drug-likeness (QED) is 0.552. The summed E-state index contributed by atoms with van der Waals surface area (Å²) in [6.45, 7) is 0.845. The van der Waals surface area contributed by atoms with Gasteiger partial charge >= 0.3 is 0 Å². The lowest BCUT2D eigenvalue weighted by Gasteiger charge is -2.29. The Kier molecular flexibility index (Phi) is 5.58. The molecule has 0 spiro atoms. The van der Waals surface area contributed by atoms with Gasteiger partial charge in [0.1, 0.15) is 0 Å². The molecule has 1 heterocycles. The highest BCUT2D eigenvalue weighted by molar-refractivity contribution is 5.82. The lowest BCUT2D eigenvalue weighted by molar-refractivity contribution is -0.136. The summed E-state index contributed by atoms with van der Waals surface area (Å²) in [4.78, 5) is 12.8. The number of aliphatic hydroxyl groups is 1. The summed E-state index contributed by atoms with van der Waals surface area (Å²) >= 11 is 0. The average molecular weight is 237 g/mol. The summed E-state index contributed by atoms with van der Waals surface area (Å²) < 4.78 is 24.4. The molecule has 0 aromatic rings. The van der Waals surface area contributed by atoms with E-state index in [0.717, 1.165) is 11.4 Å². The normalized spacial score (nSPS) is 21.1. The number of halogens is 2. The third kappa shape index (κ3) is 3.99. The summed E-state index contributed by atoms with van der Waals surface area (Å²) in [6, 6.07) is -0.473. The predicted molar refractivity (Wildman–Crippen MR) is 54.3 cm³/mol. The van der Waals surface area contributed by atoms with Crippen LogP contribution in [0.5, 0.6) is 0 Å². The topological polar surface area (TPSA) is 64.6 Å². The van der Waals surface area contributed by atoms with Crippen molar-refractivity contribution in [3.8, 4) is 0 Å². The summed E-state index contributed by atoms with van der Waals surface area (Å²) in [5, 5.41) is 14.7. The second-order valence-electron chi connectivity index (χ2n) is 3.61. The SMILES string of the molecule is O=C(C1CNCCN1)N(CCO)CC(F)F. The summed E-state index contributed by atoms with van der Waals surface area (Å²) in [5.74, 6) is -0.387. The van der Waals surface area contributed by atoms with Crippen molar-refractivity contribution in [2.24, 2.45) is 0 Å². The van der Waals surface area contributed by atoms with E-state index in [2.05, 4.69) is 10.6 Å². The highest BCUT2D eigenvalue weighted by Crippen LogP contribution is 2.02. The van der Waals surface area contributed by atoms with Gasteiger partial charge in [-0.1, -0.05) is 0 Å². The second kappa shape index (κ2) is 6.72. The van der Waals surface area contributed by atoms with Crippen LogP contribution in [0.2, 0.25) is 0 Å². The number of carbonyl (C=O) groups excluding carboxylic acids is 1. The minimum Gasteiger partial charge on any atom is -0.395 e. The lowest BCUT2D eigenvalue weighted by atomic mass is 10.2. The van der Waals surface area contributed by atoms with E-state index in [1.54, 1.807) is 0 Å². The zero-order valence-electron chi connectivity index (χ0n) is 8.96. The molecule has 0 saturated carbocycles. The molecule has 1 amide bonds. The van der Waals surface area contributed by atoms with Crippen LogP contribution in [-0.4, -0.2) is 67.7 Å². The Labute approximate surface area is 92.8 Å². The molecule has 94 valence electrons. The molecule has 1 aliphatic rings. The van der Waals surface area contributed by atoms with Crippen LogP contribution >= 0.6 is 0 Å². The van der Waals surface area contributed by atoms with Crippen LogP contribution in [0.3, 0.4) is 0 Å². The molecule has 1 unspecified atom stereocenters. The van der Waals surface area contributed by atoms with E-state index in [9.17, 15) is 13.6 Å². The van der Waals surface area contributed by atoms with Crippen LogP contribution in [0.1, 0.15) is 0 Å². The van der Waals surface area contributed by atoms with Crippen molar-refractivity contribution in [1.82, 2.24) is 15.5 Å². The van der Waals surface area contributed by atoms with Gasteiger partial charge in [0.15, 0.2) is 0 Å². The molecule has 0 aromatic heterocycles. The molecule has 1 saturated heterocycles. The highest BCUT2D eigenvalue weighted by atomic mass is 19.3.